The van der Waals surface area contributed by atoms with Gasteiger partial charge >= 0.3 is 0 Å². The molecule has 0 amide bonds. The summed E-state index contributed by atoms with van der Waals surface area (Å²) in [6.45, 7) is 0.790. The lowest BCUT2D eigenvalue weighted by molar-refractivity contribution is 0.108. The number of ether oxygens (including phenoxy) is 1. The van der Waals surface area contributed by atoms with Gasteiger partial charge in [0.15, 0.2) is 0 Å². The zero-order chi connectivity index (χ0) is 12.8. The van der Waals surface area contributed by atoms with Gasteiger partial charge in [-0.25, -0.2) is 4.39 Å². The molecule has 0 aromatic heterocycles. The lowest BCUT2D eigenvalue weighted by atomic mass is 10.1. The normalized spacial score (nSPS) is 12.3. The average molecular weight is 245 g/mol. The van der Waals surface area contributed by atoms with Crippen molar-refractivity contribution in [1.29, 1.82) is 0 Å². The summed E-state index contributed by atoms with van der Waals surface area (Å²) < 4.78 is 18.4. The molecule has 0 radical (unpaired) electrons. The first-order chi connectivity index (χ1) is 8.75. The van der Waals surface area contributed by atoms with Gasteiger partial charge in [0.2, 0.25) is 0 Å². The number of benzene rings is 2. The predicted octanol–water partition coefficient (Wildman–Crippen LogP) is 3.04. The maximum Gasteiger partial charge on any atom is 0.123 e. The fourth-order valence-electron chi connectivity index (χ4n) is 1.73. The Morgan fingerprint density at radius 1 is 1.06 bits per heavy atom. The topological polar surface area (TPSA) is 35.2 Å². The smallest absolute Gasteiger partial charge is 0.123 e. The first-order valence-corrected chi connectivity index (χ1v) is 5.88. The van der Waals surface area contributed by atoms with E-state index in [-0.39, 0.29) is 11.9 Å². The van der Waals surface area contributed by atoms with Crippen LogP contribution in [-0.4, -0.2) is 6.61 Å². The molecule has 0 saturated heterocycles. The van der Waals surface area contributed by atoms with Crippen molar-refractivity contribution in [3.8, 4) is 0 Å². The molecule has 0 fully saturated rings. The number of hydrogen-bond donors (Lipinski definition) is 1. The summed E-state index contributed by atoms with van der Waals surface area (Å²) in [6, 6.07) is 16.0. The van der Waals surface area contributed by atoms with Crippen molar-refractivity contribution in [2.24, 2.45) is 5.73 Å². The molecule has 2 N–H and O–H groups in total. The second-order valence-corrected chi connectivity index (χ2v) is 4.16. The lowest BCUT2D eigenvalue weighted by Gasteiger charge is -2.12. The van der Waals surface area contributed by atoms with Crippen LogP contribution in [0.2, 0.25) is 0 Å². The summed E-state index contributed by atoms with van der Waals surface area (Å²) in [5.41, 5.74) is 7.84. The molecule has 0 heterocycles. The van der Waals surface area contributed by atoms with Gasteiger partial charge in [-0.2, -0.15) is 0 Å². The minimum absolute atomic E-state index is 0.153. The minimum Gasteiger partial charge on any atom is -0.375 e. The molecule has 0 aliphatic carbocycles. The molecule has 2 aromatic carbocycles. The van der Waals surface area contributed by atoms with E-state index in [0.717, 1.165) is 11.1 Å². The fraction of sp³-hybridized carbons (Fsp3) is 0.200. The van der Waals surface area contributed by atoms with E-state index in [2.05, 4.69) is 0 Å². The summed E-state index contributed by atoms with van der Waals surface area (Å²) in [6.07, 6.45) is 0. The molecule has 0 unspecified atom stereocenters. The quantitative estimate of drug-likeness (QED) is 0.878. The van der Waals surface area contributed by atoms with Crippen LogP contribution in [0, 0.1) is 5.82 Å². The van der Waals surface area contributed by atoms with E-state index < -0.39 is 0 Å². The van der Waals surface area contributed by atoms with Gasteiger partial charge < -0.3 is 10.5 Å². The third-order valence-electron chi connectivity index (χ3n) is 2.68. The fourth-order valence-corrected chi connectivity index (χ4v) is 1.73. The highest BCUT2D eigenvalue weighted by Crippen LogP contribution is 2.11. The van der Waals surface area contributed by atoms with Crippen molar-refractivity contribution in [3.05, 3.63) is 71.5 Å². The minimum atomic E-state index is -0.247. The van der Waals surface area contributed by atoms with Gasteiger partial charge in [-0.15, -0.1) is 0 Å². The zero-order valence-electron chi connectivity index (χ0n) is 10.1. The molecule has 2 nitrogen and oxygen atoms in total. The van der Waals surface area contributed by atoms with Gasteiger partial charge in [0.05, 0.1) is 19.3 Å². The van der Waals surface area contributed by atoms with Crippen LogP contribution in [0.25, 0.3) is 0 Å². The highest BCUT2D eigenvalue weighted by molar-refractivity contribution is 5.18. The molecule has 0 bridgehead atoms. The molecule has 18 heavy (non-hydrogen) atoms. The van der Waals surface area contributed by atoms with Gasteiger partial charge in [0.1, 0.15) is 5.82 Å². The van der Waals surface area contributed by atoms with Gasteiger partial charge in [0, 0.05) is 0 Å². The lowest BCUT2D eigenvalue weighted by Crippen LogP contribution is -2.16. The Balaban J connectivity index is 1.82. The largest absolute Gasteiger partial charge is 0.375 e. The molecule has 0 aliphatic rings. The van der Waals surface area contributed by atoms with Crippen molar-refractivity contribution >= 4 is 0 Å². The summed E-state index contributed by atoms with van der Waals surface area (Å²) in [7, 11) is 0. The van der Waals surface area contributed by atoms with E-state index in [9.17, 15) is 4.39 Å². The third-order valence-corrected chi connectivity index (χ3v) is 2.68. The summed E-state index contributed by atoms with van der Waals surface area (Å²) in [5.74, 6) is -0.247. The number of hydrogen-bond acceptors (Lipinski definition) is 2. The maximum atomic E-state index is 12.9. The highest BCUT2D eigenvalue weighted by atomic mass is 19.1. The van der Waals surface area contributed by atoms with Crippen LogP contribution in [0.15, 0.2) is 54.6 Å². The molecule has 0 spiro atoms. The molecule has 2 rings (SSSR count). The second kappa shape index (κ2) is 6.28. The van der Waals surface area contributed by atoms with Crippen molar-refractivity contribution in [3.63, 3.8) is 0 Å². The molecule has 0 aliphatic heterocycles. The first kappa shape index (κ1) is 12.7. The van der Waals surface area contributed by atoms with E-state index >= 15 is 0 Å². The molecule has 2 aromatic rings. The van der Waals surface area contributed by atoms with E-state index in [4.69, 9.17) is 10.5 Å². The Kier molecular flexibility index (Phi) is 4.45. The Labute approximate surface area is 106 Å². The molecule has 1 atom stereocenters. The highest BCUT2D eigenvalue weighted by Gasteiger charge is 2.05. The van der Waals surface area contributed by atoms with Crippen molar-refractivity contribution in [2.75, 3.05) is 6.61 Å². The Bertz CT molecular complexity index is 487. The van der Waals surface area contributed by atoms with Crippen LogP contribution >= 0.6 is 0 Å². The molecule has 0 saturated carbocycles. The van der Waals surface area contributed by atoms with Crippen LogP contribution in [0.1, 0.15) is 17.2 Å². The number of nitrogens with two attached hydrogens (primary N) is 1. The van der Waals surface area contributed by atoms with Gasteiger partial charge in [-0.1, -0.05) is 42.5 Å². The van der Waals surface area contributed by atoms with E-state index in [1.165, 1.54) is 12.1 Å². The molecular weight excluding hydrogens is 229 g/mol. The van der Waals surface area contributed by atoms with Gasteiger partial charge in [0.25, 0.3) is 0 Å². The Hall–Kier alpha value is -1.71. The van der Waals surface area contributed by atoms with Crippen LogP contribution < -0.4 is 5.73 Å². The standard InChI is InChI=1S/C15H16FNO/c16-14-8-4-5-12(9-14)10-18-11-15(17)13-6-2-1-3-7-13/h1-9,15H,10-11,17H2/t15-/m1/s1. The molecule has 94 valence electrons. The summed E-state index contributed by atoms with van der Waals surface area (Å²) in [4.78, 5) is 0. The van der Waals surface area contributed by atoms with Crippen molar-refractivity contribution < 1.29 is 9.13 Å². The number of rotatable bonds is 5. The SMILES string of the molecule is N[C@H](COCc1cccc(F)c1)c1ccccc1. The average Bonchev–Trinajstić information content (AvgIpc) is 2.40. The molecule has 3 heteroatoms. The van der Waals surface area contributed by atoms with E-state index in [1.54, 1.807) is 6.07 Å². The Morgan fingerprint density at radius 2 is 1.83 bits per heavy atom. The van der Waals surface area contributed by atoms with Crippen molar-refractivity contribution in [1.82, 2.24) is 0 Å². The van der Waals surface area contributed by atoms with Crippen LogP contribution in [0.3, 0.4) is 0 Å². The number of halogens is 1. The first-order valence-electron chi connectivity index (χ1n) is 5.88. The van der Waals surface area contributed by atoms with Gasteiger partial charge in [-0.3, -0.25) is 0 Å². The maximum absolute atomic E-state index is 12.9. The molecular formula is C15H16FNO. The predicted molar refractivity (Wildman–Crippen MR) is 69.4 cm³/mol. The monoisotopic (exact) mass is 245 g/mol. The van der Waals surface area contributed by atoms with Gasteiger partial charge in [-0.05, 0) is 23.3 Å². The summed E-state index contributed by atoms with van der Waals surface area (Å²) >= 11 is 0. The Morgan fingerprint density at radius 3 is 2.56 bits per heavy atom. The third kappa shape index (κ3) is 3.65. The van der Waals surface area contributed by atoms with Crippen LogP contribution in [-0.2, 0) is 11.3 Å². The van der Waals surface area contributed by atoms with E-state index in [0.29, 0.717) is 13.2 Å². The van der Waals surface area contributed by atoms with Crippen LogP contribution in [0.4, 0.5) is 4.39 Å². The van der Waals surface area contributed by atoms with Crippen molar-refractivity contribution in [2.45, 2.75) is 12.6 Å². The zero-order valence-corrected chi connectivity index (χ0v) is 10.1. The summed E-state index contributed by atoms with van der Waals surface area (Å²) in [5, 5.41) is 0. The second-order valence-electron chi connectivity index (χ2n) is 4.16. The van der Waals surface area contributed by atoms with Crippen LogP contribution in [0.5, 0.6) is 0 Å². The van der Waals surface area contributed by atoms with E-state index in [1.807, 2.05) is 36.4 Å².